The number of hydrogen-bond donors (Lipinski definition) is 0. The van der Waals surface area contributed by atoms with Crippen molar-refractivity contribution in [2.45, 2.75) is 0 Å². The van der Waals surface area contributed by atoms with E-state index in [0.29, 0.717) is 17.5 Å². The van der Waals surface area contributed by atoms with Gasteiger partial charge >= 0.3 is 0 Å². The summed E-state index contributed by atoms with van der Waals surface area (Å²) in [5, 5.41) is 4.57. The molecule has 0 N–H and O–H groups in total. The van der Waals surface area contributed by atoms with Gasteiger partial charge in [-0.05, 0) is 63.7 Å². The van der Waals surface area contributed by atoms with Gasteiger partial charge in [-0.15, -0.1) is 11.3 Å². The lowest BCUT2D eigenvalue weighted by molar-refractivity contribution is 0.669. The van der Waals surface area contributed by atoms with E-state index in [0.717, 1.165) is 49.8 Å². The van der Waals surface area contributed by atoms with Crippen LogP contribution in [0.3, 0.4) is 0 Å². The van der Waals surface area contributed by atoms with Crippen molar-refractivity contribution in [3.05, 3.63) is 188 Å². The van der Waals surface area contributed by atoms with E-state index < -0.39 is 0 Å². The van der Waals surface area contributed by atoms with Gasteiger partial charge in [0.2, 0.25) is 0 Å². The SMILES string of the molecule is c1ccc(-c2cccc(-c3ccc(-c4nc(-c5ccc6c(c5)sc5cc(-c7ccccc7)ccc56)nc(-c5cccc6c5oc5ccccc56)n4)cc3)c2)cc1. The first-order valence-electron chi connectivity index (χ1n) is 18.7. The molecule has 0 bridgehead atoms. The standard InChI is InChI=1S/C51H31N3OS/c1-3-11-32(12-4-1)36-15-9-16-37(29-36)34-21-23-35(24-22-34)49-52-50(54-51(53-49)44-19-10-18-43-40-17-7-8-20-45(40)55-48(43)44)39-26-28-42-41-27-25-38(33-13-5-2-6-14-33)30-46(41)56-47(42)31-39/h1-31H. The molecule has 0 spiro atoms. The molecule has 0 saturated heterocycles. The number of hydrogen-bond acceptors (Lipinski definition) is 5. The van der Waals surface area contributed by atoms with E-state index in [-0.39, 0.29) is 0 Å². The molecule has 0 atom stereocenters. The zero-order valence-corrected chi connectivity index (χ0v) is 30.9. The van der Waals surface area contributed by atoms with Gasteiger partial charge in [-0.3, -0.25) is 0 Å². The van der Waals surface area contributed by atoms with Gasteiger partial charge in [-0.2, -0.15) is 0 Å². The summed E-state index contributed by atoms with van der Waals surface area (Å²) in [5.41, 5.74) is 11.4. The minimum atomic E-state index is 0.568. The van der Waals surface area contributed by atoms with Gasteiger partial charge in [-0.1, -0.05) is 158 Å². The van der Waals surface area contributed by atoms with Crippen molar-refractivity contribution in [2.75, 3.05) is 0 Å². The van der Waals surface area contributed by atoms with E-state index >= 15 is 0 Å². The highest BCUT2D eigenvalue weighted by Crippen LogP contribution is 2.40. The van der Waals surface area contributed by atoms with Crippen LogP contribution in [0.15, 0.2) is 192 Å². The van der Waals surface area contributed by atoms with Crippen LogP contribution in [0.2, 0.25) is 0 Å². The second kappa shape index (κ2) is 13.3. The molecule has 4 nitrogen and oxygen atoms in total. The normalized spacial score (nSPS) is 11.6. The van der Waals surface area contributed by atoms with E-state index in [2.05, 4.69) is 152 Å². The summed E-state index contributed by atoms with van der Waals surface area (Å²) in [5.74, 6) is 1.78. The van der Waals surface area contributed by atoms with Gasteiger partial charge in [0.1, 0.15) is 11.2 Å². The number of nitrogens with zero attached hydrogens (tertiary/aromatic N) is 3. The van der Waals surface area contributed by atoms with Gasteiger partial charge in [0, 0.05) is 42.1 Å². The Hall–Kier alpha value is -7.21. The molecule has 56 heavy (non-hydrogen) atoms. The van der Waals surface area contributed by atoms with Crippen LogP contribution < -0.4 is 0 Å². The average Bonchev–Trinajstić information content (AvgIpc) is 3.85. The van der Waals surface area contributed by atoms with Crippen LogP contribution >= 0.6 is 11.3 Å². The number of fused-ring (bicyclic) bond motifs is 6. The Bertz CT molecular complexity index is 3240. The van der Waals surface area contributed by atoms with Crippen LogP contribution in [-0.4, -0.2) is 15.0 Å². The lowest BCUT2D eigenvalue weighted by Gasteiger charge is -2.10. The first-order chi connectivity index (χ1) is 27.7. The summed E-state index contributed by atoms with van der Waals surface area (Å²) in [7, 11) is 0. The highest BCUT2D eigenvalue weighted by atomic mass is 32.1. The lowest BCUT2D eigenvalue weighted by Crippen LogP contribution is -2.00. The smallest absolute Gasteiger partial charge is 0.167 e. The molecule has 3 aromatic heterocycles. The molecule has 0 aliphatic heterocycles. The topological polar surface area (TPSA) is 51.8 Å². The molecular formula is C51H31N3OS. The maximum absolute atomic E-state index is 6.47. The minimum Gasteiger partial charge on any atom is -0.455 e. The Balaban J connectivity index is 1.04. The van der Waals surface area contributed by atoms with Gasteiger partial charge in [0.15, 0.2) is 17.5 Å². The van der Waals surface area contributed by atoms with E-state index in [4.69, 9.17) is 19.4 Å². The molecule has 11 aromatic rings. The van der Waals surface area contributed by atoms with Crippen molar-refractivity contribution in [3.8, 4) is 67.5 Å². The zero-order valence-electron chi connectivity index (χ0n) is 30.1. The maximum atomic E-state index is 6.47. The molecule has 0 aliphatic rings. The average molecular weight is 734 g/mol. The predicted octanol–water partition coefficient (Wildman–Crippen LogP) is 14.1. The van der Waals surface area contributed by atoms with Crippen LogP contribution in [0.1, 0.15) is 0 Å². The Morgan fingerprint density at radius 3 is 1.52 bits per heavy atom. The molecule has 11 rings (SSSR count). The fraction of sp³-hybridized carbons (Fsp3) is 0. The Labute approximate surface area is 327 Å². The molecule has 0 fully saturated rings. The molecule has 0 amide bonds. The molecule has 8 aromatic carbocycles. The minimum absolute atomic E-state index is 0.568. The second-order valence-corrected chi connectivity index (χ2v) is 15.1. The third kappa shape index (κ3) is 5.65. The molecule has 5 heteroatoms. The van der Waals surface area contributed by atoms with Crippen LogP contribution in [0.4, 0.5) is 0 Å². The van der Waals surface area contributed by atoms with Crippen molar-refractivity contribution in [2.24, 2.45) is 0 Å². The van der Waals surface area contributed by atoms with Crippen molar-refractivity contribution in [1.29, 1.82) is 0 Å². The summed E-state index contributed by atoms with van der Waals surface area (Å²) >= 11 is 1.80. The fourth-order valence-electron chi connectivity index (χ4n) is 7.72. The number of benzene rings is 8. The fourth-order valence-corrected chi connectivity index (χ4v) is 8.91. The van der Waals surface area contributed by atoms with Gasteiger partial charge in [0.05, 0.1) is 5.56 Å². The number of furan rings is 1. The summed E-state index contributed by atoms with van der Waals surface area (Å²) in [6, 6.07) is 65.8. The van der Waals surface area contributed by atoms with E-state index in [1.54, 1.807) is 11.3 Å². The molecule has 0 unspecified atom stereocenters. The molecule has 0 saturated carbocycles. The first-order valence-corrected chi connectivity index (χ1v) is 19.5. The van der Waals surface area contributed by atoms with Crippen molar-refractivity contribution in [3.63, 3.8) is 0 Å². The van der Waals surface area contributed by atoms with Crippen molar-refractivity contribution in [1.82, 2.24) is 15.0 Å². The summed E-state index contributed by atoms with van der Waals surface area (Å²) in [4.78, 5) is 15.4. The maximum Gasteiger partial charge on any atom is 0.167 e. The predicted molar refractivity (Wildman–Crippen MR) is 233 cm³/mol. The molecule has 262 valence electrons. The first kappa shape index (κ1) is 32.2. The van der Waals surface area contributed by atoms with Crippen LogP contribution in [-0.2, 0) is 0 Å². The molecular weight excluding hydrogens is 703 g/mol. The van der Waals surface area contributed by atoms with E-state index in [1.165, 1.54) is 42.4 Å². The van der Waals surface area contributed by atoms with Crippen LogP contribution in [0, 0.1) is 0 Å². The van der Waals surface area contributed by atoms with E-state index in [1.807, 2.05) is 36.4 Å². The Kier molecular flexibility index (Phi) is 7.64. The summed E-state index contributed by atoms with van der Waals surface area (Å²) in [6.07, 6.45) is 0. The molecule has 3 heterocycles. The zero-order chi connectivity index (χ0) is 37.0. The monoisotopic (exact) mass is 733 g/mol. The quantitative estimate of drug-likeness (QED) is 0.171. The number of aromatic nitrogens is 3. The highest BCUT2D eigenvalue weighted by molar-refractivity contribution is 7.25. The Morgan fingerprint density at radius 2 is 0.804 bits per heavy atom. The van der Waals surface area contributed by atoms with Gasteiger partial charge in [0.25, 0.3) is 0 Å². The number of para-hydroxylation sites is 2. The highest BCUT2D eigenvalue weighted by Gasteiger charge is 2.19. The number of rotatable bonds is 6. The van der Waals surface area contributed by atoms with Crippen molar-refractivity contribution < 1.29 is 4.42 Å². The van der Waals surface area contributed by atoms with Crippen LogP contribution in [0.25, 0.3) is 110 Å². The van der Waals surface area contributed by atoms with E-state index in [9.17, 15) is 0 Å². The third-order valence-corrected chi connectivity index (χ3v) is 11.7. The summed E-state index contributed by atoms with van der Waals surface area (Å²) < 4.78 is 8.91. The largest absolute Gasteiger partial charge is 0.455 e. The molecule has 0 aliphatic carbocycles. The van der Waals surface area contributed by atoms with Crippen LogP contribution in [0.5, 0.6) is 0 Å². The van der Waals surface area contributed by atoms with Gasteiger partial charge in [-0.25, -0.2) is 15.0 Å². The summed E-state index contributed by atoms with van der Waals surface area (Å²) in [6.45, 7) is 0. The van der Waals surface area contributed by atoms with Crippen molar-refractivity contribution >= 4 is 53.4 Å². The Morgan fingerprint density at radius 1 is 0.321 bits per heavy atom. The lowest BCUT2D eigenvalue weighted by atomic mass is 9.98. The third-order valence-electron chi connectivity index (χ3n) is 10.6. The van der Waals surface area contributed by atoms with Gasteiger partial charge < -0.3 is 4.42 Å². The second-order valence-electron chi connectivity index (χ2n) is 14.0. The molecule has 0 radical (unpaired) electrons. The number of thiophene rings is 1.